The molecule has 0 saturated heterocycles. The van der Waals surface area contributed by atoms with E-state index in [4.69, 9.17) is 0 Å². The molecule has 0 spiro atoms. The molecule has 0 fully saturated rings. The van der Waals surface area contributed by atoms with Gasteiger partial charge in [0.05, 0.1) is 11.4 Å². The Morgan fingerprint density at radius 3 is 2.43 bits per heavy atom. The molecular weight excluding hydrogens is 362 g/mol. The van der Waals surface area contributed by atoms with Crippen molar-refractivity contribution in [2.75, 3.05) is 31.1 Å². The van der Waals surface area contributed by atoms with E-state index in [-0.39, 0.29) is 0 Å². The van der Waals surface area contributed by atoms with Crippen LogP contribution in [0.5, 0.6) is 0 Å². The molecule has 0 N–H and O–H groups in total. The molecule has 28 heavy (non-hydrogen) atoms. The second kappa shape index (κ2) is 8.62. The molecule has 0 aromatic heterocycles. The lowest BCUT2D eigenvalue weighted by Gasteiger charge is -2.30. The number of anilines is 1. The van der Waals surface area contributed by atoms with E-state index in [9.17, 15) is 0 Å². The molecule has 2 aromatic rings. The van der Waals surface area contributed by atoms with Gasteiger partial charge < -0.3 is 14.7 Å². The summed E-state index contributed by atoms with van der Waals surface area (Å²) in [4.78, 5) is 8.97. The fourth-order valence-electron chi connectivity index (χ4n) is 4.12. The molecule has 0 saturated carbocycles. The zero-order chi connectivity index (χ0) is 19.5. The largest absolute Gasteiger partial charge is 0.340 e. The van der Waals surface area contributed by atoms with Gasteiger partial charge in [-0.2, -0.15) is 0 Å². The maximum absolute atomic E-state index is 2.61. The predicted molar refractivity (Wildman–Crippen MR) is 121 cm³/mol. The molecule has 2 aliphatic rings. The molecule has 1 unspecified atom stereocenters. The standard InChI is InChI=1S/C24H31N3S/c1-4-19-12-14-20(15-13-19)22-18-27-21-10-7-8-11-23(21)28-24(27)26(22)17-9-16-25(5-2)6-3/h7-8,10-15,18,24H,4-6,9,16-17H2,1-3H3. The van der Waals surface area contributed by atoms with Crippen molar-refractivity contribution in [3.63, 3.8) is 0 Å². The fourth-order valence-corrected chi connectivity index (χ4v) is 5.43. The van der Waals surface area contributed by atoms with Crippen LogP contribution in [0.4, 0.5) is 5.69 Å². The van der Waals surface area contributed by atoms with E-state index in [1.807, 2.05) is 11.8 Å². The van der Waals surface area contributed by atoms with Gasteiger partial charge in [-0.25, -0.2) is 0 Å². The monoisotopic (exact) mass is 393 g/mol. The van der Waals surface area contributed by atoms with Gasteiger partial charge >= 0.3 is 0 Å². The number of para-hydroxylation sites is 1. The van der Waals surface area contributed by atoms with Crippen LogP contribution in [-0.4, -0.2) is 41.5 Å². The first-order valence-electron chi connectivity index (χ1n) is 10.6. The van der Waals surface area contributed by atoms with Crippen LogP contribution in [0.15, 0.2) is 59.6 Å². The van der Waals surface area contributed by atoms with E-state index in [2.05, 4.69) is 90.2 Å². The van der Waals surface area contributed by atoms with E-state index in [0.717, 1.165) is 32.6 Å². The fraction of sp³-hybridized carbons (Fsp3) is 0.417. The highest BCUT2D eigenvalue weighted by Crippen LogP contribution is 2.50. The van der Waals surface area contributed by atoms with Crippen LogP contribution in [-0.2, 0) is 6.42 Å². The number of nitrogens with zero attached hydrogens (tertiary/aromatic N) is 3. The highest BCUT2D eigenvalue weighted by atomic mass is 32.2. The first-order chi connectivity index (χ1) is 13.7. The Bertz CT molecular complexity index is 826. The zero-order valence-corrected chi connectivity index (χ0v) is 18.1. The predicted octanol–water partition coefficient (Wildman–Crippen LogP) is 5.49. The van der Waals surface area contributed by atoms with Crippen molar-refractivity contribution in [2.24, 2.45) is 0 Å². The second-order valence-electron chi connectivity index (χ2n) is 7.46. The van der Waals surface area contributed by atoms with Crippen LogP contribution < -0.4 is 4.90 Å². The molecule has 0 aliphatic carbocycles. The smallest absolute Gasteiger partial charge is 0.159 e. The quantitative estimate of drug-likeness (QED) is 0.586. The Hall–Kier alpha value is -1.91. The Balaban J connectivity index is 1.59. The third kappa shape index (κ3) is 3.68. The summed E-state index contributed by atoms with van der Waals surface area (Å²) < 4.78 is 0. The summed E-state index contributed by atoms with van der Waals surface area (Å²) in [7, 11) is 0. The number of aryl methyl sites for hydroxylation is 1. The number of hydrogen-bond donors (Lipinski definition) is 0. The van der Waals surface area contributed by atoms with Crippen molar-refractivity contribution in [1.29, 1.82) is 0 Å². The number of fused-ring (bicyclic) bond motifs is 3. The van der Waals surface area contributed by atoms with Crippen molar-refractivity contribution < 1.29 is 0 Å². The minimum Gasteiger partial charge on any atom is -0.340 e. The van der Waals surface area contributed by atoms with Gasteiger partial charge in [-0.1, -0.05) is 68.9 Å². The summed E-state index contributed by atoms with van der Waals surface area (Å²) in [6, 6.07) is 17.9. The van der Waals surface area contributed by atoms with E-state index >= 15 is 0 Å². The third-order valence-electron chi connectivity index (χ3n) is 5.88. The molecule has 2 aliphatic heterocycles. The Kier molecular flexibility index (Phi) is 5.98. The van der Waals surface area contributed by atoms with Crippen molar-refractivity contribution in [3.05, 3.63) is 65.9 Å². The summed E-state index contributed by atoms with van der Waals surface area (Å²) in [5.41, 5.74) is 5.76. The molecule has 2 aromatic carbocycles. The van der Waals surface area contributed by atoms with Gasteiger partial charge in [0.25, 0.3) is 0 Å². The number of rotatable bonds is 8. The molecule has 148 valence electrons. The number of benzene rings is 2. The maximum atomic E-state index is 2.61. The number of thioether (sulfide) groups is 1. The maximum Gasteiger partial charge on any atom is 0.159 e. The Labute approximate surface area is 174 Å². The lowest BCUT2D eigenvalue weighted by molar-refractivity contribution is 0.278. The van der Waals surface area contributed by atoms with Crippen LogP contribution in [0.2, 0.25) is 0 Å². The van der Waals surface area contributed by atoms with E-state index in [1.165, 1.54) is 33.8 Å². The van der Waals surface area contributed by atoms with Crippen molar-refractivity contribution in [2.45, 2.75) is 44.0 Å². The van der Waals surface area contributed by atoms with Crippen LogP contribution in [0.25, 0.3) is 5.70 Å². The SMILES string of the molecule is CCc1ccc(C2=CN3c4ccccc4SC3N2CCCN(CC)CC)cc1. The zero-order valence-electron chi connectivity index (χ0n) is 17.3. The van der Waals surface area contributed by atoms with Crippen LogP contribution in [0.1, 0.15) is 38.3 Å². The first-order valence-corrected chi connectivity index (χ1v) is 11.5. The van der Waals surface area contributed by atoms with Gasteiger partial charge in [-0.15, -0.1) is 0 Å². The molecule has 0 amide bonds. The summed E-state index contributed by atoms with van der Waals surface area (Å²) >= 11 is 1.98. The van der Waals surface area contributed by atoms with Gasteiger partial charge in [-0.3, -0.25) is 0 Å². The van der Waals surface area contributed by atoms with Crippen LogP contribution in [0, 0.1) is 0 Å². The summed E-state index contributed by atoms with van der Waals surface area (Å²) in [5.74, 6) is 0. The molecule has 1 atom stereocenters. The average Bonchev–Trinajstić information content (AvgIpc) is 3.28. The normalized spacial score (nSPS) is 17.9. The molecular formula is C24H31N3S. The van der Waals surface area contributed by atoms with Gasteiger partial charge in [0.2, 0.25) is 0 Å². The number of hydrogen-bond acceptors (Lipinski definition) is 4. The minimum absolute atomic E-state index is 0.343. The summed E-state index contributed by atoms with van der Waals surface area (Å²) in [5, 5.41) is 0. The molecule has 0 radical (unpaired) electrons. The van der Waals surface area contributed by atoms with Crippen LogP contribution in [0.3, 0.4) is 0 Å². The summed E-state index contributed by atoms with van der Waals surface area (Å²) in [6.07, 6.45) is 4.64. The third-order valence-corrected chi connectivity index (χ3v) is 7.17. The first kappa shape index (κ1) is 19.4. The topological polar surface area (TPSA) is 9.72 Å². The van der Waals surface area contributed by atoms with Crippen molar-refractivity contribution >= 4 is 23.1 Å². The minimum atomic E-state index is 0.343. The Morgan fingerprint density at radius 2 is 1.71 bits per heavy atom. The molecule has 4 heteroatoms. The van der Waals surface area contributed by atoms with Crippen molar-refractivity contribution in [1.82, 2.24) is 9.80 Å². The average molecular weight is 394 g/mol. The van der Waals surface area contributed by atoms with Gasteiger partial charge in [0.1, 0.15) is 0 Å². The van der Waals surface area contributed by atoms with Crippen LogP contribution >= 0.6 is 11.8 Å². The highest BCUT2D eigenvalue weighted by Gasteiger charge is 2.39. The van der Waals surface area contributed by atoms with Gasteiger partial charge in [-0.05, 0) is 55.7 Å². The van der Waals surface area contributed by atoms with E-state index in [1.54, 1.807) is 0 Å². The summed E-state index contributed by atoms with van der Waals surface area (Å²) in [6.45, 7) is 11.2. The van der Waals surface area contributed by atoms with Crippen molar-refractivity contribution in [3.8, 4) is 0 Å². The molecule has 0 bridgehead atoms. The Morgan fingerprint density at radius 1 is 0.964 bits per heavy atom. The van der Waals surface area contributed by atoms with E-state index < -0.39 is 0 Å². The van der Waals surface area contributed by atoms with Gasteiger partial charge in [0.15, 0.2) is 5.50 Å². The van der Waals surface area contributed by atoms with Gasteiger partial charge in [0, 0.05) is 17.6 Å². The van der Waals surface area contributed by atoms with E-state index in [0.29, 0.717) is 5.50 Å². The molecule has 2 heterocycles. The highest BCUT2D eigenvalue weighted by molar-refractivity contribution is 8.00. The lowest BCUT2D eigenvalue weighted by atomic mass is 10.1. The second-order valence-corrected chi connectivity index (χ2v) is 8.55. The molecule has 3 nitrogen and oxygen atoms in total. The lowest BCUT2D eigenvalue weighted by Crippen LogP contribution is -2.36. The molecule has 4 rings (SSSR count).